The lowest BCUT2D eigenvalue weighted by molar-refractivity contribution is -0.133. The molecule has 1 aliphatic rings. The summed E-state index contributed by atoms with van der Waals surface area (Å²) in [5.74, 6) is 0.298. The molecule has 6 heteroatoms. The van der Waals surface area contributed by atoms with Crippen LogP contribution in [0.1, 0.15) is 23.0 Å². The molecule has 0 aliphatic carbocycles. The molecule has 0 fully saturated rings. The van der Waals surface area contributed by atoms with E-state index in [0.717, 1.165) is 11.3 Å². The Morgan fingerprint density at radius 2 is 2.04 bits per heavy atom. The summed E-state index contributed by atoms with van der Waals surface area (Å²) in [6, 6.07) is 12.7. The maximum absolute atomic E-state index is 12.5. The first kappa shape index (κ1) is 16.0. The van der Waals surface area contributed by atoms with Crippen molar-refractivity contribution in [2.24, 2.45) is 0 Å². The summed E-state index contributed by atoms with van der Waals surface area (Å²) in [5.41, 5.74) is 1.26. The van der Waals surface area contributed by atoms with E-state index >= 15 is 0 Å². The molecule has 0 spiro atoms. The van der Waals surface area contributed by atoms with Gasteiger partial charge in [0.15, 0.2) is 0 Å². The Hall–Kier alpha value is -2.89. The van der Waals surface area contributed by atoms with Gasteiger partial charge in [-0.15, -0.1) is 0 Å². The summed E-state index contributed by atoms with van der Waals surface area (Å²) in [7, 11) is 0. The second-order valence-corrected chi connectivity index (χ2v) is 5.69. The molecule has 0 saturated heterocycles. The molecule has 124 valence electrons. The number of carbonyl (C=O) groups is 2. The summed E-state index contributed by atoms with van der Waals surface area (Å²) in [5, 5.41) is 2.63. The Bertz CT molecular complexity index is 733. The van der Waals surface area contributed by atoms with Gasteiger partial charge in [0.2, 0.25) is 5.91 Å². The minimum absolute atomic E-state index is 0.0675. The van der Waals surface area contributed by atoms with Crippen LogP contribution >= 0.6 is 0 Å². The first-order valence-electron chi connectivity index (χ1n) is 7.84. The zero-order chi connectivity index (χ0) is 16.9. The van der Waals surface area contributed by atoms with Crippen LogP contribution in [-0.2, 0) is 11.3 Å². The average Bonchev–Trinajstić information content (AvgIpc) is 2.79. The number of para-hydroxylation sites is 1. The Labute approximate surface area is 140 Å². The lowest BCUT2D eigenvalue weighted by Gasteiger charge is -2.26. The lowest BCUT2D eigenvalue weighted by Crippen LogP contribution is -2.45. The van der Waals surface area contributed by atoms with E-state index in [1.807, 2.05) is 31.2 Å². The third-order valence-corrected chi connectivity index (χ3v) is 3.94. The number of benzene rings is 1. The fourth-order valence-electron chi connectivity index (χ4n) is 2.59. The molecule has 1 aromatic carbocycles. The van der Waals surface area contributed by atoms with Gasteiger partial charge in [-0.05, 0) is 25.1 Å². The Morgan fingerprint density at radius 3 is 2.83 bits per heavy atom. The van der Waals surface area contributed by atoms with Gasteiger partial charge in [-0.3, -0.25) is 14.6 Å². The molecule has 0 bridgehead atoms. The highest BCUT2D eigenvalue weighted by Gasteiger charge is 2.25. The zero-order valence-electron chi connectivity index (χ0n) is 13.4. The molecule has 2 heterocycles. The van der Waals surface area contributed by atoms with Crippen LogP contribution in [0.2, 0.25) is 0 Å². The van der Waals surface area contributed by atoms with Crippen molar-refractivity contribution >= 4 is 11.8 Å². The first-order chi connectivity index (χ1) is 11.6. The summed E-state index contributed by atoms with van der Waals surface area (Å²) in [6.07, 6.45) is 1.54. The Balaban J connectivity index is 1.65. The fourth-order valence-corrected chi connectivity index (χ4v) is 2.59. The number of ether oxygens (including phenoxy) is 1. The topological polar surface area (TPSA) is 71.5 Å². The van der Waals surface area contributed by atoms with Crippen molar-refractivity contribution in [1.29, 1.82) is 0 Å². The maximum atomic E-state index is 12.5. The van der Waals surface area contributed by atoms with Crippen LogP contribution in [0, 0.1) is 0 Å². The van der Waals surface area contributed by atoms with E-state index in [2.05, 4.69) is 10.3 Å². The van der Waals surface area contributed by atoms with Crippen molar-refractivity contribution in [3.63, 3.8) is 0 Å². The van der Waals surface area contributed by atoms with E-state index < -0.39 is 0 Å². The van der Waals surface area contributed by atoms with Crippen LogP contribution in [0.25, 0.3) is 0 Å². The van der Waals surface area contributed by atoms with E-state index in [-0.39, 0.29) is 24.4 Å². The molecule has 1 atom stereocenters. The minimum Gasteiger partial charge on any atom is -0.491 e. The molecule has 6 nitrogen and oxygen atoms in total. The molecule has 2 aromatic rings. The Kier molecular flexibility index (Phi) is 4.74. The summed E-state index contributed by atoms with van der Waals surface area (Å²) in [6.45, 7) is 2.76. The SMILES string of the molecule is CC1COc2ccccc2CN1C(=O)CNC(=O)c1ccccn1. The lowest BCUT2D eigenvalue weighted by atomic mass is 10.2. The van der Waals surface area contributed by atoms with E-state index in [4.69, 9.17) is 4.74 Å². The number of carbonyl (C=O) groups excluding carboxylic acids is 2. The van der Waals surface area contributed by atoms with Gasteiger partial charge in [0.05, 0.1) is 12.6 Å². The predicted octanol–water partition coefficient (Wildman–Crippen LogP) is 1.62. The number of hydrogen-bond donors (Lipinski definition) is 1. The van der Waals surface area contributed by atoms with Crippen LogP contribution in [0.3, 0.4) is 0 Å². The zero-order valence-corrected chi connectivity index (χ0v) is 13.4. The second kappa shape index (κ2) is 7.12. The highest BCUT2D eigenvalue weighted by Crippen LogP contribution is 2.24. The van der Waals surface area contributed by atoms with Crippen LogP contribution in [0.15, 0.2) is 48.7 Å². The molecule has 2 amide bonds. The van der Waals surface area contributed by atoms with Crippen molar-refractivity contribution in [1.82, 2.24) is 15.2 Å². The standard InChI is InChI=1S/C18H19N3O3/c1-13-12-24-16-8-3-2-6-14(16)11-21(13)17(22)10-20-18(23)15-7-4-5-9-19-15/h2-9,13H,10-12H2,1H3,(H,20,23). The number of fused-ring (bicyclic) bond motifs is 1. The van der Waals surface area contributed by atoms with Gasteiger partial charge in [-0.2, -0.15) is 0 Å². The number of rotatable bonds is 3. The first-order valence-corrected chi connectivity index (χ1v) is 7.84. The summed E-state index contributed by atoms with van der Waals surface area (Å²) >= 11 is 0. The normalized spacial score (nSPS) is 16.5. The molecule has 0 saturated carbocycles. The van der Waals surface area contributed by atoms with E-state index in [1.165, 1.54) is 0 Å². The van der Waals surface area contributed by atoms with Gasteiger partial charge in [-0.1, -0.05) is 24.3 Å². The number of amides is 2. The number of nitrogens with one attached hydrogen (secondary N) is 1. The Morgan fingerprint density at radius 1 is 1.25 bits per heavy atom. The number of aromatic nitrogens is 1. The molecule has 0 radical (unpaired) electrons. The average molecular weight is 325 g/mol. The molecule has 1 unspecified atom stereocenters. The van der Waals surface area contributed by atoms with Gasteiger partial charge in [-0.25, -0.2) is 0 Å². The molecule has 1 N–H and O–H groups in total. The molecular weight excluding hydrogens is 306 g/mol. The van der Waals surface area contributed by atoms with Gasteiger partial charge in [0, 0.05) is 18.3 Å². The van der Waals surface area contributed by atoms with Crippen molar-refractivity contribution in [3.8, 4) is 5.75 Å². The largest absolute Gasteiger partial charge is 0.491 e. The van der Waals surface area contributed by atoms with Gasteiger partial charge in [0.1, 0.15) is 18.1 Å². The molecule has 1 aromatic heterocycles. The van der Waals surface area contributed by atoms with Crippen LogP contribution in [0.4, 0.5) is 0 Å². The van der Waals surface area contributed by atoms with Gasteiger partial charge < -0.3 is 15.0 Å². The molecule has 3 rings (SSSR count). The van der Waals surface area contributed by atoms with Crippen molar-refractivity contribution in [2.45, 2.75) is 19.5 Å². The molecule has 24 heavy (non-hydrogen) atoms. The highest BCUT2D eigenvalue weighted by atomic mass is 16.5. The van der Waals surface area contributed by atoms with Crippen molar-refractivity contribution < 1.29 is 14.3 Å². The molecule has 1 aliphatic heterocycles. The fraction of sp³-hybridized carbons (Fsp3) is 0.278. The maximum Gasteiger partial charge on any atom is 0.270 e. The summed E-state index contributed by atoms with van der Waals surface area (Å²) < 4.78 is 5.74. The molecular formula is C18H19N3O3. The van der Waals surface area contributed by atoms with E-state index in [9.17, 15) is 9.59 Å². The predicted molar refractivity (Wildman–Crippen MR) is 88.5 cm³/mol. The second-order valence-electron chi connectivity index (χ2n) is 5.69. The van der Waals surface area contributed by atoms with E-state index in [1.54, 1.807) is 29.3 Å². The third-order valence-electron chi connectivity index (χ3n) is 3.94. The monoisotopic (exact) mass is 325 g/mol. The number of pyridine rings is 1. The number of hydrogen-bond acceptors (Lipinski definition) is 4. The smallest absolute Gasteiger partial charge is 0.270 e. The third kappa shape index (κ3) is 3.53. The van der Waals surface area contributed by atoms with Crippen LogP contribution < -0.4 is 10.1 Å². The van der Waals surface area contributed by atoms with Crippen molar-refractivity contribution in [3.05, 3.63) is 59.9 Å². The van der Waals surface area contributed by atoms with E-state index in [0.29, 0.717) is 18.8 Å². The quantitative estimate of drug-likeness (QED) is 0.931. The van der Waals surface area contributed by atoms with Gasteiger partial charge >= 0.3 is 0 Å². The highest BCUT2D eigenvalue weighted by molar-refractivity contribution is 5.94. The minimum atomic E-state index is -0.358. The van der Waals surface area contributed by atoms with Crippen molar-refractivity contribution in [2.75, 3.05) is 13.2 Å². The van der Waals surface area contributed by atoms with Crippen LogP contribution in [-0.4, -0.2) is 40.9 Å². The van der Waals surface area contributed by atoms with Crippen LogP contribution in [0.5, 0.6) is 5.75 Å². The van der Waals surface area contributed by atoms with Gasteiger partial charge in [0.25, 0.3) is 5.91 Å². The summed E-state index contributed by atoms with van der Waals surface area (Å²) in [4.78, 5) is 30.3. The number of nitrogens with zero attached hydrogens (tertiary/aromatic N) is 2.